The molecule has 3 N–H and O–H groups in total. The van der Waals surface area contributed by atoms with Crippen LogP contribution < -0.4 is 0 Å². The maximum Gasteiger partial charge on any atom is 0.472 e. The van der Waals surface area contributed by atoms with Crippen LogP contribution in [0.25, 0.3) is 0 Å². The summed E-state index contributed by atoms with van der Waals surface area (Å²) >= 11 is 0. The Hall–Kier alpha value is -1.94. The molecule has 0 saturated carbocycles. The molecule has 5 atom stereocenters. The molecule has 0 aliphatic heterocycles. The number of carbonyl (C=O) groups excluding carboxylic acids is 4. The third kappa shape index (κ3) is 81.9. The van der Waals surface area contributed by atoms with Crippen LogP contribution in [0, 0.1) is 5.92 Å². The van der Waals surface area contributed by atoms with Crippen molar-refractivity contribution in [2.75, 3.05) is 39.6 Å². The maximum atomic E-state index is 13.2. The van der Waals surface area contributed by atoms with Crippen molar-refractivity contribution in [1.29, 1.82) is 0 Å². The Bertz CT molecular complexity index is 2030. The van der Waals surface area contributed by atoms with E-state index in [1.807, 2.05) is 0 Å². The van der Waals surface area contributed by atoms with Crippen LogP contribution in [0.3, 0.4) is 0 Å². The monoisotopic (exact) mass is 1560 g/mol. The van der Waals surface area contributed by atoms with Gasteiger partial charge < -0.3 is 33.8 Å². The summed E-state index contributed by atoms with van der Waals surface area (Å²) in [6, 6.07) is 0. The molecular weight excluding hydrogens is 1390 g/mol. The quantitative estimate of drug-likeness (QED) is 0.0222. The molecule has 0 aliphatic rings. The molecule has 17 nitrogen and oxygen atoms in total. The number of aliphatic hydroxyl groups excluding tert-OH is 1. The van der Waals surface area contributed by atoms with E-state index < -0.39 is 97.5 Å². The predicted molar refractivity (Wildman–Crippen MR) is 442 cm³/mol. The molecule has 0 spiro atoms. The van der Waals surface area contributed by atoms with E-state index >= 15 is 0 Å². The number of ether oxygens (including phenoxy) is 4. The molecule has 19 heteroatoms. The minimum absolute atomic E-state index is 0.107. The fraction of sp³-hybridized carbons (Fsp3) is 0.955. The second-order valence-electron chi connectivity index (χ2n) is 32.1. The minimum atomic E-state index is -4.97. The standard InChI is InChI=1S/C88H172O17P2/c1-6-9-12-15-18-21-24-26-28-30-32-34-36-38-40-42-44-46-52-57-62-67-72-86(91)99-78-84(104-87(92)73-68-63-58-53-47-45-43-41-39-37-35-33-31-29-27-25-22-19-16-13-10-7-2)80-103-107(96,97)101-76-82(89)75-100-106(94,95)102-79-83(77-98-85(90)71-66-61-56-51-23-20-17-14-11-8-3)105-88(93)74-69-64-59-54-49-48-50-55-60-65-70-81(4)5/h81-84,89H,6-80H2,1-5H3,(H,94,95)(H,96,97)/t82-,83+,84+/m0/s1. The van der Waals surface area contributed by atoms with E-state index in [9.17, 15) is 43.2 Å². The largest absolute Gasteiger partial charge is 0.472 e. The Kier molecular flexibility index (Phi) is 79.2. The second-order valence-corrected chi connectivity index (χ2v) is 35.0. The number of esters is 4. The highest BCUT2D eigenvalue weighted by Crippen LogP contribution is 2.45. The number of unbranched alkanes of at least 4 members (excludes halogenated alkanes) is 60. The molecule has 0 heterocycles. The van der Waals surface area contributed by atoms with E-state index in [1.165, 1.54) is 302 Å². The van der Waals surface area contributed by atoms with Gasteiger partial charge >= 0.3 is 39.5 Å². The van der Waals surface area contributed by atoms with Crippen LogP contribution in [0.1, 0.15) is 478 Å². The van der Waals surface area contributed by atoms with E-state index in [-0.39, 0.29) is 25.7 Å². The number of hydrogen-bond donors (Lipinski definition) is 3. The van der Waals surface area contributed by atoms with E-state index in [0.29, 0.717) is 25.7 Å². The van der Waals surface area contributed by atoms with Crippen molar-refractivity contribution in [2.45, 2.75) is 496 Å². The van der Waals surface area contributed by atoms with Gasteiger partial charge in [-0.2, -0.15) is 0 Å². The number of carbonyl (C=O) groups is 4. The van der Waals surface area contributed by atoms with Crippen molar-refractivity contribution >= 4 is 39.5 Å². The summed E-state index contributed by atoms with van der Waals surface area (Å²) in [4.78, 5) is 73.2. The zero-order valence-electron chi connectivity index (χ0n) is 70.3. The van der Waals surface area contributed by atoms with Gasteiger partial charge in [-0.05, 0) is 31.6 Å². The summed E-state index contributed by atoms with van der Waals surface area (Å²) < 4.78 is 68.9. The van der Waals surface area contributed by atoms with E-state index in [4.69, 9.17) is 37.0 Å². The molecule has 0 amide bonds. The molecule has 0 aromatic heterocycles. The van der Waals surface area contributed by atoms with E-state index in [1.54, 1.807) is 0 Å². The maximum absolute atomic E-state index is 13.2. The van der Waals surface area contributed by atoms with Crippen molar-refractivity contribution in [3.63, 3.8) is 0 Å². The number of phosphoric ester groups is 2. The van der Waals surface area contributed by atoms with Crippen LogP contribution in [-0.2, 0) is 65.4 Å². The Balaban J connectivity index is 5.19. The average molecular weight is 1560 g/mol. The highest BCUT2D eigenvalue weighted by atomic mass is 31.2. The fourth-order valence-electron chi connectivity index (χ4n) is 13.8. The first kappa shape index (κ1) is 105. The Morgan fingerprint density at radius 2 is 0.430 bits per heavy atom. The lowest BCUT2D eigenvalue weighted by molar-refractivity contribution is -0.161. The average Bonchev–Trinajstić information content (AvgIpc) is 0.893. The van der Waals surface area contributed by atoms with E-state index in [2.05, 4.69) is 34.6 Å². The highest BCUT2D eigenvalue weighted by Gasteiger charge is 2.30. The molecule has 2 unspecified atom stereocenters. The first-order chi connectivity index (χ1) is 52.0. The Morgan fingerprint density at radius 3 is 0.636 bits per heavy atom. The van der Waals surface area contributed by atoms with Crippen molar-refractivity contribution in [3.8, 4) is 0 Å². The topological polar surface area (TPSA) is 237 Å². The van der Waals surface area contributed by atoms with Crippen LogP contribution in [0.2, 0.25) is 0 Å². The lowest BCUT2D eigenvalue weighted by atomic mass is 10.0. The first-order valence-electron chi connectivity index (χ1n) is 45.6. The van der Waals surface area contributed by atoms with Gasteiger partial charge in [-0.15, -0.1) is 0 Å². The van der Waals surface area contributed by atoms with Crippen molar-refractivity contribution in [3.05, 3.63) is 0 Å². The molecule has 0 saturated heterocycles. The zero-order chi connectivity index (χ0) is 78.3. The van der Waals surface area contributed by atoms with Gasteiger partial charge in [0, 0.05) is 25.7 Å². The predicted octanol–water partition coefficient (Wildman–Crippen LogP) is 27.2. The molecule has 0 rings (SSSR count). The van der Waals surface area contributed by atoms with Crippen LogP contribution in [0.4, 0.5) is 0 Å². The van der Waals surface area contributed by atoms with Crippen molar-refractivity contribution < 1.29 is 80.2 Å². The van der Waals surface area contributed by atoms with Gasteiger partial charge in [-0.25, -0.2) is 9.13 Å². The van der Waals surface area contributed by atoms with Gasteiger partial charge in [0.1, 0.15) is 19.3 Å². The lowest BCUT2D eigenvalue weighted by Crippen LogP contribution is -2.30. The molecule has 0 aliphatic carbocycles. The number of hydrogen-bond acceptors (Lipinski definition) is 15. The van der Waals surface area contributed by atoms with Gasteiger partial charge in [0.15, 0.2) is 12.2 Å². The third-order valence-corrected chi connectivity index (χ3v) is 22.7. The van der Waals surface area contributed by atoms with Gasteiger partial charge in [0.25, 0.3) is 0 Å². The normalized spacial score (nSPS) is 13.7. The van der Waals surface area contributed by atoms with Crippen LogP contribution in [0.5, 0.6) is 0 Å². The molecule has 0 aromatic rings. The molecule has 0 radical (unpaired) electrons. The summed E-state index contributed by atoms with van der Waals surface area (Å²) in [7, 11) is -9.93. The first-order valence-corrected chi connectivity index (χ1v) is 48.6. The summed E-state index contributed by atoms with van der Waals surface area (Å²) in [5, 5.41) is 10.7. The molecule has 107 heavy (non-hydrogen) atoms. The smallest absolute Gasteiger partial charge is 0.462 e. The van der Waals surface area contributed by atoms with Crippen LogP contribution in [0.15, 0.2) is 0 Å². The number of rotatable bonds is 88. The van der Waals surface area contributed by atoms with Crippen LogP contribution in [-0.4, -0.2) is 96.7 Å². The lowest BCUT2D eigenvalue weighted by Gasteiger charge is -2.21. The van der Waals surface area contributed by atoms with Gasteiger partial charge in [-0.1, -0.05) is 426 Å². The third-order valence-electron chi connectivity index (χ3n) is 20.8. The molecule has 636 valence electrons. The SMILES string of the molecule is CCCCCCCCCCCCCCCCCCCCCCCCC(=O)OC[C@H](COP(=O)(O)OC[C@@H](O)COP(=O)(O)OC[C@@H](COC(=O)CCCCCCCCCCCC)OC(=O)CCCCCCCCCCCCC(C)C)OC(=O)CCCCCCCCCCCCCCCCCCCCCCCC. The highest BCUT2D eigenvalue weighted by molar-refractivity contribution is 7.47. The number of phosphoric acid groups is 2. The molecular formula is C88H172O17P2. The summed E-state index contributed by atoms with van der Waals surface area (Å²) in [5.74, 6) is -1.35. The zero-order valence-corrected chi connectivity index (χ0v) is 72.1. The van der Waals surface area contributed by atoms with E-state index in [0.717, 1.165) is 95.8 Å². The van der Waals surface area contributed by atoms with Gasteiger partial charge in [-0.3, -0.25) is 37.3 Å². The number of aliphatic hydroxyl groups is 1. The van der Waals surface area contributed by atoms with Crippen molar-refractivity contribution in [1.82, 2.24) is 0 Å². The minimum Gasteiger partial charge on any atom is -0.462 e. The van der Waals surface area contributed by atoms with Crippen LogP contribution >= 0.6 is 15.6 Å². The molecule has 0 bridgehead atoms. The summed E-state index contributed by atoms with van der Waals surface area (Å²) in [6.45, 7) is 7.34. The van der Waals surface area contributed by atoms with Crippen molar-refractivity contribution in [2.24, 2.45) is 5.92 Å². The van der Waals surface area contributed by atoms with Gasteiger partial charge in [0.2, 0.25) is 0 Å². The Labute approximate surface area is 658 Å². The Morgan fingerprint density at radius 1 is 0.252 bits per heavy atom. The summed E-state index contributed by atoms with van der Waals surface area (Å²) in [5.41, 5.74) is 0. The summed E-state index contributed by atoms with van der Waals surface area (Å²) in [6.07, 6.45) is 75.3. The van der Waals surface area contributed by atoms with Gasteiger partial charge in [0.05, 0.1) is 26.4 Å². The molecule has 0 fully saturated rings. The second kappa shape index (κ2) is 80.7. The fourth-order valence-corrected chi connectivity index (χ4v) is 15.4. The molecule has 0 aromatic carbocycles.